The van der Waals surface area contributed by atoms with Gasteiger partial charge in [0, 0.05) is 10.4 Å². The molecule has 0 bridgehead atoms. The summed E-state index contributed by atoms with van der Waals surface area (Å²) in [6.45, 7) is 0. The summed E-state index contributed by atoms with van der Waals surface area (Å²) >= 11 is 0. The van der Waals surface area contributed by atoms with Crippen LogP contribution in [0.1, 0.15) is 0 Å². The van der Waals surface area contributed by atoms with E-state index >= 15 is 0 Å². The molecular weight excluding hydrogens is 730 g/mol. The zero-order valence-corrected chi connectivity index (χ0v) is 22.3. The SMILES string of the molecule is O=S(=O)([O-])[O-].[Hg+2].[Hg+2].[Hg+2].[O-2].[O-2]. The summed E-state index contributed by atoms with van der Waals surface area (Å²) in [4.78, 5) is 0. The Bertz CT molecular complexity index is 96.2. The molecule has 0 aromatic heterocycles. The summed E-state index contributed by atoms with van der Waals surface area (Å²) in [6, 6.07) is 0. The molecule has 0 fully saturated rings. The summed E-state index contributed by atoms with van der Waals surface area (Å²) < 4.78 is 34.1. The average Bonchev–Trinajstić information content (AvgIpc) is 0.722. The van der Waals surface area contributed by atoms with Crippen LogP contribution in [-0.2, 0) is 104 Å². The van der Waals surface area contributed by atoms with E-state index in [4.69, 9.17) is 17.5 Å². The first-order chi connectivity index (χ1) is 2.00. The molecule has 0 aliphatic rings. The van der Waals surface area contributed by atoms with Crippen molar-refractivity contribution in [2.24, 2.45) is 0 Å². The number of hydrogen-bond acceptors (Lipinski definition) is 4. The molecule has 0 radical (unpaired) electrons. The van der Waals surface area contributed by atoms with Gasteiger partial charge in [0.05, 0.1) is 0 Å². The van der Waals surface area contributed by atoms with E-state index in [0.29, 0.717) is 0 Å². The Kier molecular flexibility index (Phi) is 68.6. The van der Waals surface area contributed by atoms with Gasteiger partial charge in [-0.1, -0.05) is 0 Å². The van der Waals surface area contributed by atoms with Crippen molar-refractivity contribution >= 4 is 10.4 Å². The van der Waals surface area contributed by atoms with E-state index in [2.05, 4.69) is 0 Å². The molecule has 10 heavy (non-hydrogen) atoms. The molecule has 0 aromatic rings. The second-order valence-electron chi connectivity index (χ2n) is 0.408. The molecule has 0 rings (SSSR count). The molecule has 0 atom stereocenters. The summed E-state index contributed by atoms with van der Waals surface area (Å²) in [5.74, 6) is 0. The Morgan fingerprint density at radius 1 is 0.800 bits per heavy atom. The molecule has 0 spiro atoms. The van der Waals surface area contributed by atoms with E-state index in [0.717, 1.165) is 0 Å². The number of rotatable bonds is 0. The van der Waals surface area contributed by atoms with Gasteiger partial charge >= 0.3 is 83.0 Å². The van der Waals surface area contributed by atoms with Crippen LogP contribution in [0.5, 0.6) is 0 Å². The van der Waals surface area contributed by atoms with Crippen molar-refractivity contribution in [2.45, 2.75) is 0 Å². The van der Waals surface area contributed by atoms with Crippen molar-refractivity contribution in [3.8, 4) is 0 Å². The zero-order chi connectivity index (χ0) is 4.50. The molecule has 0 heterocycles. The van der Waals surface area contributed by atoms with Crippen LogP contribution in [0.3, 0.4) is 0 Å². The van der Waals surface area contributed by atoms with Gasteiger partial charge in [0.25, 0.3) is 0 Å². The topological polar surface area (TPSA) is 137 Å². The first kappa shape index (κ1) is 38.9. The van der Waals surface area contributed by atoms with Gasteiger partial charge in [-0.2, -0.15) is 0 Å². The fraction of sp³-hybridized carbons (Fsp3) is 0. The van der Waals surface area contributed by atoms with Crippen molar-refractivity contribution in [1.29, 1.82) is 0 Å². The second-order valence-corrected chi connectivity index (χ2v) is 1.22. The Hall–Kier alpha value is 2.60. The normalized spacial score (nSPS) is 5.80. The van der Waals surface area contributed by atoms with Crippen LogP contribution in [0.2, 0.25) is 0 Å². The Balaban J connectivity index is -0.00000000800. The quantitative estimate of drug-likeness (QED) is 0.169. The van der Waals surface area contributed by atoms with Crippen molar-refractivity contribution in [3.63, 3.8) is 0 Å². The van der Waals surface area contributed by atoms with Crippen LogP contribution in [0, 0.1) is 0 Å². The van der Waals surface area contributed by atoms with Crippen LogP contribution in [0.4, 0.5) is 0 Å². The van der Waals surface area contributed by atoms with Crippen molar-refractivity contribution in [1.82, 2.24) is 0 Å². The van der Waals surface area contributed by atoms with Gasteiger partial charge in [0.15, 0.2) is 0 Å². The maximum atomic E-state index is 8.52. The predicted molar refractivity (Wildman–Crippen MR) is 11.8 cm³/mol. The second kappa shape index (κ2) is 17.6. The molecular formula is Hg3O6S. The smallest absolute Gasteiger partial charge is 2.00 e. The van der Waals surface area contributed by atoms with Crippen LogP contribution >= 0.6 is 0 Å². The van der Waals surface area contributed by atoms with E-state index in [1.807, 2.05) is 0 Å². The summed E-state index contributed by atoms with van der Waals surface area (Å²) in [5, 5.41) is 0. The maximum absolute atomic E-state index is 8.52. The third-order valence-corrected chi connectivity index (χ3v) is 0. The van der Waals surface area contributed by atoms with E-state index in [-0.39, 0.29) is 94.0 Å². The van der Waals surface area contributed by atoms with Gasteiger partial charge in [0.2, 0.25) is 0 Å². The minimum absolute atomic E-state index is 0. The van der Waals surface area contributed by atoms with Gasteiger partial charge in [-0.3, -0.25) is 8.42 Å². The molecule has 0 amide bonds. The molecule has 0 saturated carbocycles. The summed E-state index contributed by atoms with van der Waals surface area (Å²) in [5.41, 5.74) is 0. The van der Waals surface area contributed by atoms with Gasteiger partial charge in [0.1, 0.15) is 0 Å². The minimum Gasteiger partial charge on any atom is -2.00 e. The molecule has 0 aliphatic heterocycles. The Morgan fingerprint density at radius 2 is 0.800 bits per heavy atom. The van der Waals surface area contributed by atoms with Gasteiger partial charge in [-0.15, -0.1) is 0 Å². The third kappa shape index (κ3) is 145. The first-order valence-electron chi connectivity index (χ1n) is 0.667. The molecule has 0 saturated heterocycles. The maximum Gasteiger partial charge on any atom is 2.00 e. The van der Waals surface area contributed by atoms with Crippen LogP contribution in [-0.4, -0.2) is 17.5 Å². The van der Waals surface area contributed by atoms with Gasteiger partial charge in [-0.05, 0) is 0 Å². The van der Waals surface area contributed by atoms with E-state index < -0.39 is 10.4 Å². The van der Waals surface area contributed by atoms with Crippen LogP contribution < -0.4 is 0 Å². The monoisotopic (exact) mass is 734 g/mol. The number of hydrogen-bond donors (Lipinski definition) is 0. The van der Waals surface area contributed by atoms with E-state index in [1.54, 1.807) is 0 Å². The Morgan fingerprint density at radius 3 is 0.800 bits per heavy atom. The first-order valence-corrected chi connectivity index (χ1v) is 2.00. The van der Waals surface area contributed by atoms with Gasteiger partial charge < -0.3 is 20.1 Å². The summed E-state index contributed by atoms with van der Waals surface area (Å²) in [7, 11) is -5.17. The molecule has 0 aromatic carbocycles. The van der Waals surface area contributed by atoms with Crippen molar-refractivity contribution in [2.75, 3.05) is 0 Å². The largest absolute Gasteiger partial charge is 2.00 e. The average molecular weight is 730 g/mol. The standard InChI is InChI=1S/3Hg.H2O4S.2O/c;;;1-5(2,3)4;;/h;;;(H2,1,2,3,4);;/q3*+2;;2*-2/p-2. The fourth-order valence-corrected chi connectivity index (χ4v) is 0. The van der Waals surface area contributed by atoms with Gasteiger partial charge in [-0.25, -0.2) is 0 Å². The molecule has 0 N–H and O–H groups in total. The van der Waals surface area contributed by atoms with Crippen LogP contribution in [0.15, 0.2) is 0 Å². The van der Waals surface area contributed by atoms with E-state index in [9.17, 15) is 0 Å². The third-order valence-electron chi connectivity index (χ3n) is 0. The molecule has 10 heteroatoms. The minimum atomic E-state index is -5.17. The Labute approximate surface area is 120 Å². The molecule has 6 nitrogen and oxygen atoms in total. The molecule has 0 unspecified atom stereocenters. The zero-order valence-electron chi connectivity index (χ0n) is 4.98. The summed E-state index contributed by atoms with van der Waals surface area (Å²) in [6.07, 6.45) is 0. The molecule has 48 valence electrons. The van der Waals surface area contributed by atoms with Crippen molar-refractivity contribution < 1.29 is 111 Å². The van der Waals surface area contributed by atoms with Crippen molar-refractivity contribution in [3.05, 3.63) is 0 Å². The molecule has 0 aliphatic carbocycles. The van der Waals surface area contributed by atoms with Crippen LogP contribution in [0.25, 0.3) is 0 Å². The predicted octanol–water partition coefficient (Wildman–Crippen LogP) is -1.58. The fourth-order valence-electron chi connectivity index (χ4n) is 0. The van der Waals surface area contributed by atoms with E-state index in [1.165, 1.54) is 0 Å².